The van der Waals surface area contributed by atoms with Crippen LogP contribution in [0.3, 0.4) is 0 Å². The van der Waals surface area contributed by atoms with Gasteiger partial charge >= 0.3 is 0 Å². The molecule has 1 aliphatic rings. The lowest BCUT2D eigenvalue weighted by Gasteiger charge is -2.36. The lowest BCUT2D eigenvalue weighted by atomic mass is 9.77. The number of nitrogens with zero attached hydrogens (tertiary/aromatic N) is 6. The predicted octanol–water partition coefficient (Wildman–Crippen LogP) is 8.17. The number of rotatable bonds is 10. The number of hydrogen-bond donors (Lipinski definition) is 0. The Kier molecular flexibility index (Phi) is 8.27. The molecule has 7 rings (SSSR count). The SMILES string of the molecule is CCCC1=NC(=O)C(C)(C)N1Cc1ccc(-c2ccccc2-c2nnnn2C(c2ccccc2)(c2ccccc2)c2ccccc2)cc1. The van der Waals surface area contributed by atoms with Gasteiger partial charge in [-0.25, -0.2) is 4.68 Å². The van der Waals surface area contributed by atoms with Crippen molar-refractivity contribution in [2.75, 3.05) is 0 Å². The van der Waals surface area contributed by atoms with Gasteiger partial charge in [0.05, 0.1) is 0 Å². The number of tetrazole rings is 1. The van der Waals surface area contributed by atoms with Crippen molar-refractivity contribution >= 4 is 11.7 Å². The Morgan fingerprint density at radius 2 is 1.19 bits per heavy atom. The molecular formula is C41H38N6O. The number of amidine groups is 1. The Labute approximate surface area is 281 Å². The molecule has 0 unspecified atom stereocenters. The van der Waals surface area contributed by atoms with E-state index in [1.54, 1.807) is 0 Å². The van der Waals surface area contributed by atoms with E-state index in [4.69, 9.17) is 10.3 Å². The maximum atomic E-state index is 12.7. The minimum atomic E-state index is -0.850. The fourth-order valence-corrected chi connectivity index (χ4v) is 6.84. The molecule has 0 spiro atoms. The van der Waals surface area contributed by atoms with E-state index in [0.29, 0.717) is 12.4 Å². The van der Waals surface area contributed by atoms with Gasteiger partial charge in [-0.3, -0.25) is 4.79 Å². The van der Waals surface area contributed by atoms with E-state index in [9.17, 15) is 4.79 Å². The molecule has 0 saturated carbocycles. The maximum absolute atomic E-state index is 12.7. The van der Waals surface area contributed by atoms with E-state index >= 15 is 0 Å². The van der Waals surface area contributed by atoms with Crippen LogP contribution in [-0.2, 0) is 16.9 Å². The molecule has 7 heteroatoms. The zero-order valence-electron chi connectivity index (χ0n) is 27.5. The van der Waals surface area contributed by atoms with E-state index < -0.39 is 11.1 Å². The van der Waals surface area contributed by atoms with Crippen molar-refractivity contribution < 1.29 is 4.79 Å². The highest BCUT2D eigenvalue weighted by Crippen LogP contribution is 2.43. The number of carbonyl (C=O) groups excluding carboxylic acids is 1. The van der Waals surface area contributed by atoms with Crippen molar-refractivity contribution in [3.63, 3.8) is 0 Å². The van der Waals surface area contributed by atoms with Crippen LogP contribution in [0.1, 0.15) is 55.9 Å². The number of amides is 1. The molecule has 7 nitrogen and oxygen atoms in total. The van der Waals surface area contributed by atoms with Crippen molar-refractivity contribution in [3.8, 4) is 22.5 Å². The monoisotopic (exact) mass is 630 g/mol. The number of benzene rings is 5. The summed E-state index contributed by atoms with van der Waals surface area (Å²) in [5.74, 6) is 1.45. The summed E-state index contributed by atoms with van der Waals surface area (Å²) in [6.45, 7) is 6.64. The minimum Gasteiger partial charge on any atom is -0.341 e. The van der Waals surface area contributed by atoms with E-state index in [2.05, 4.69) is 131 Å². The van der Waals surface area contributed by atoms with E-state index in [1.807, 2.05) is 48.9 Å². The van der Waals surface area contributed by atoms with Gasteiger partial charge in [-0.2, -0.15) is 4.99 Å². The average molecular weight is 631 g/mol. The minimum absolute atomic E-state index is 0.0770. The Bertz CT molecular complexity index is 1950. The number of aliphatic imine (C=N–C) groups is 1. The summed E-state index contributed by atoms with van der Waals surface area (Å²) in [6.07, 6.45) is 1.72. The smallest absolute Gasteiger partial charge is 0.272 e. The van der Waals surface area contributed by atoms with Crippen LogP contribution in [0.25, 0.3) is 22.5 Å². The van der Waals surface area contributed by atoms with E-state index in [0.717, 1.165) is 57.6 Å². The third-order valence-electron chi connectivity index (χ3n) is 9.35. The third-order valence-corrected chi connectivity index (χ3v) is 9.35. The Morgan fingerprint density at radius 1 is 0.667 bits per heavy atom. The van der Waals surface area contributed by atoms with Gasteiger partial charge in [-0.1, -0.05) is 146 Å². The normalized spacial score (nSPS) is 14.3. The summed E-state index contributed by atoms with van der Waals surface area (Å²) in [4.78, 5) is 19.2. The second kappa shape index (κ2) is 12.8. The molecule has 5 aromatic carbocycles. The van der Waals surface area contributed by atoms with Gasteiger partial charge < -0.3 is 4.90 Å². The summed E-state index contributed by atoms with van der Waals surface area (Å²) in [5.41, 5.74) is 5.74. The van der Waals surface area contributed by atoms with Crippen LogP contribution >= 0.6 is 0 Å². The van der Waals surface area contributed by atoms with Gasteiger partial charge in [0.15, 0.2) is 5.82 Å². The molecular weight excluding hydrogens is 592 g/mol. The molecule has 0 saturated heterocycles. The first-order chi connectivity index (χ1) is 23.4. The molecule has 6 aromatic rings. The molecule has 0 atom stereocenters. The summed E-state index contributed by atoms with van der Waals surface area (Å²) in [5, 5.41) is 13.8. The standard InChI is InChI=1S/C41H38N6O/c1-4-16-37-42-39(48)40(2,3)46(37)29-30-25-27-31(28-26-30)35-23-14-15-24-36(35)38-43-44-45-47(38)41(32-17-8-5-9-18-32,33-19-10-6-11-20-33)34-21-12-7-13-22-34/h5-15,17-28H,4,16,29H2,1-3H3. The van der Waals surface area contributed by atoms with Crippen molar-refractivity contribution in [2.45, 2.75) is 51.2 Å². The molecule has 1 amide bonds. The molecule has 0 fully saturated rings. The zero-order chi connectivity index (χ0) is 33.1. The van der Waals surface area contributed by atoms with Crippen molar-refractivity contribution in [3.05, 3.63) is 162 Å². The quantitative estimate of drug-likeness (QED) is 0.143. The molecule has 2 heterocycles. The lowest BCUT2D eigenvalue weighted by molar-refractivity contribution is -0.124. The largest absolute Gasteiger partial charge is 0.341 e. The van der Waals surface area contributed by atoms with Crippen LogP contribution in [0.15, 0.2) is 145 Å². The van der Waals surface area contributed by atoms with Crippen molar-refractivity contribution in [1.82, 2.24) is 25.1 Å². The Morgan fingerprint density at radius 3 is 1.73 bits per heavy atom. The first kappa shape index (κ1) is 30.9. The first-order valence-corrected chi connectivity index (χ1v) is 16.5. The summed E-state index contributed by atoms with van der Waals surface area (Å²) in [6, 6.07) is 48.1. The summed E-state index contributed by atoms with van der Waals surface area (Å²) < 4.78 is 1.97. The highest BCUT2D eigenvalue weighted by atomic mass is 16.2. The summed E-state index contributed by atoms with van der Waals surface area (Å²) in [7, 11) is 0. The fourth-order valence-electron chi connectivity index (χ4n) is 6.84. The molecule has 0 aliphatic carbocycles. The predicted molar refractivity (Wildman–Crippen MR) is 190 cm³/mol. The molecule has 238 valence electrons. The fraction of sp³-hybridized carbons (Fsp3) is 0.195. The molecule has 0 radical (unpaired) electrons. The van der Waals surface area contributed by atoms with Crippen LogP contribution in [0.2, 0.25) is 0 Å². The number of carbonyl (C=O) groups is 1. The average Bonchev–Trinajstić information content (AvgIpc) is 3.70. The number of hydrogen-bond acceptors (Lipinski definition) is 5. The molecule has 0 bridgehead atoms. The molecule has 1 aromatic heterocycles. The van der Waals surface area contributed by atoms with Gasteiger partial charge in [0.1, 0.15) is 16.9 Å². The topological polar surface area (TPSA) is 76.3 Å². The Balaban J connectivity index is 1.33. The highest BCUT2D eigenvalue weighted by molar-refractivity contribution is 6.06. The van der Waals surface area contributed by atoms with Gasteiger partial charge in [-0.05, 0) is 64.1 Å². The van der Waals surface area contributed by atoms with Crippen LogP contribution in [0, 0.1) is 0 Å². The van der Waals surface area contributed by atoms with E-state index in [-0.39, 0.29) is 5.91 Å². The third kappa shape index (κ3) is 5.31. The van der Waals surface area contributed by atoms with Crippen molar-refractivity contribution in [1.29, 1.82) is 0 Å². The second-order valence-corrected chi connectivity index (χ2v) is 12.7. The van der Waals surface area contributed by atoms with Gasteiger partial charge in [0.2, 0.25) is 0 Å². The van der Waals surface area contributed by atoms with Crippen LogP contribution < -0.4 is 0 Å². The maximum Gasteiger partial charge on any atom is 0.272 e. The first-order valence-electron chi connectivity index (χ1n) is 16.5. The zero-order valence-corrected chi connectivity index (χ0v) is 27.5. The Hall–Kier alpha value is -5.69. The highest BCUT2D eigenvalue weighted by Gasteiger charge is 2.43. The molecule has 0 N–H and O–H groups in total. The van der Waals surface area contributed by atoms with Crippen molar-refractivity contribution in [2.24, 2.45) is 4.99 Å². The van der Waals surface area contributed by atoms with Gasteiger partial charge in [-0.15, -0.1) is 5.10 Å². The summed E-state index contributed by atoms with van der Waals surface area (Å²) >= 11 is 0. The van der Waals surface area contributed by atoms with Gasteiger partial charge in [0.25, 0.3) is 5.91 Å². The van der Waals surface area contributed by atoms with Crippen LogP contribution in [0.5, 0.6) is 0 Å². The second-order valence-electron chi connectivity index (χ2n) is 12.7. The molecule has 48 heavy (non-hydrogen) atoms. The van der Waals surface area contributed by atoms with Crippen LogP contribution in [-0.4, -0.2) is 42.4 Å². The molecule has 1 aliphatic heterocycles. The van der Waals surface area contributed by atoms with E-state index in [1.165, 1.54) is 0 Å². The van der Waals surface area contributed by atoms with Gasteiger partial charge in [0, 0.05) is 18.5 Å². The lowest BCUT2D eigenvalue weighted by Crippen LogP contribution is -2.46. The number of aromatic nitrogens is 4. The van der Waals surface area contributed by atoms with Crippen LogP contribution in [0.4, 0.5) is 0 Å².